The molecule has 0 aromatic carbocycles. The molecule has 0 unspecified atom stereocenters. The molecule has 0 aromatic heterocycles. The Balaban J connectivity index is 2.87. The molecule has 0 radical (unpaired) electrons. The van der Waals surface area contributed by atoms with Gasteiger partial charge in [-0.3, -0.25) is 0 Å². The third kappa shape index (κ3) is 13.8. The van der Waals surface area contributed by atoms with E-state index in [1.54, 1.807) is 0 Å². The maximum atomic E-state index is 5.37. The molecule has 0 saturated heterocycles. The Bertz CT molecular complexity index is 121. The summed E-state index contributed by atoms with van der Waals surface area (Å²) in [5, 5.41) is 3.34. The van der Waals surface area contributed by atoms with Crippen LogP contribution in [0.5, 0.6) is 0 Å². The molecule has 4 nitrogen and oxygen atoms in total. The molecule has 0 aliphatic rings. The minimum Gasteiger partial charge on any atom is -0.379 e. The fraction of sp³-hybridized carbons (Fsp3) is 1.00. The first-order valence-electron chi connectivity index (χ1n) is 5.78. The molecular formula is C11H26N2O2. The molecule has 0 spiro atoms. The zero-order valence-electron chi connectivity index (χ0n) is 10.4. The van der Waals surface area contributed by atoms with Gasteiger partial charge in [0, 0.05) is 13.2 Å². The van der Waals surface area contributed by atoms with Crippen LogP contribution < -0.4 is 5.32 Å². The molecule has 15 heavy (non-hydrogen) atoms. The fourth-order valence-corrected chi connectivity index (χ4v) is 1.15. The van der Waals surface area contributed by atoms with Crippen LogP contribution in [0.4, 0.5) is 0 Å². The maximum absolute atomic E-state index is 5.37. The van der Waals surface area contributed by atoms with Crippen molar-refractivity contribution in [1.29, 1.82) is 0 Å². The second kappa shape index (κ2) is 11.9. The van der Waals surface area contributed by atoms with E-state index < -0.39 is 0 Å². The highest BCUT2D eigenvalue weighted by Gasteiger charge is 1.91. The van der Waals surface area contributed by atoms with E-state index in [2.05, 4.69) is 24.3 Å². The molecule has 0 aliphatic heterocycles. The van der Waals surface area contributed by atoms with Gasteiger partial charge in [-0.25, -0.2) is 0 Å². The van der Waals surface area contributed by atoms with Gasteiger partial charge in [-0.15, -0.1) is 0 Å². The lowest BCUT2D eigenvalue weighted by molar-refractivity contribution is 0.0540. The van der Waals surface area contributed by atoms with Crippen molar-refractivity contribution < 1.29 is 9.47 Å². The largest absolute Gasteiger partial charge is 0.379 e. The zero-order valence-corrected chi connectivity index (χ0v) is 10.4. The van der Waals surface area contributed by atoms with Crippen molar-refractivity contribution in [3.05, 3.63) is 0 Å². The van der Waals surface area contributed by atoms with Crippen LogP contribution in [0.1, 0.15) is 13.3 Å². The predicted octanol–water partition coefficient (Wildman–Crippen LogP) is 0.581. The molecule has 0 heterocycles. The van der Waals surface area contributed by atoms with Crippen molar-refractivity contribution in [2.45, 2.75) is 13.3 Å². The van der Waals surface area contributed by atoms with Gasteiger partial charge < -0.3 is 19.7 Å². The first kappa shape index (κ1) is 14.8. The molecule has 0 fully saturated rings. The zero-order chi connectivity index (χ0) is 11.4. The third-order valence-electron chi connectivity index (χ3n) is 1.96. The quantitative estimate of drug-likeness (QED) is 0.514. The summed E-state index contributed by atoms with van der Waals surface area (Å²) >= 11 is 0. The summed E-state index contributed by atoms with van der Waals surface area (Å²) in [6, 6.07) is 0. The Morgan fingerprint density at radius 2 is 1.73 bits per heavy atom. The van der Waals surface area contributed by atoms with Crippen LogP contribution in [-0.4, -0.2) is 65.1 Å². The fourth-order valence-electron chi connectivity index (χ4n) is 1.15. The van der Waals surface area contributed by atoms with E-state index in [9.17, 15) is 0 Å². The molecule has 0 aliphatic carbocycles. The molecule has 0 bridgehead atoms. The van der Waals surface area contributed by atoms with Crippen LogP contribution in [0.3, 0.4) is 0 Å². The highest BCUT2D eigenvalue weighted by atomic mass is 16.5. The van der Waals surface area contributed by atoms with Crippen LogP contribution in [0.15, 0.2) is 0 Å². The predicted molar refractivity (Wildman–Crippen MR) is 63.4 cm³/mol. The molecule has 0 amide bonds. The average Bonchev–Trinajstić information content (AvgIpc) is 2.20. The van der Waals surface area contributed by atoms with Gasteiger partial charge in [-0.2, -0.15) is 0 Å². The number of nitrogens with one attached hydrogen (secondary N) is 1. The van der Waals surface area contributed by atoms with Gasteiger partial charge in [0.15, 0.2) is 0 Å². The van der Waals surface area contributed by atoms with Crippen molar-refractivity contribution >= 4 is 0 Å². The van der Waals surface area contributed by atoms with Gasteiger partial charge in [0.1, 0.15) is 0 Å². The van der Waals surface area contributed by atoms with E-state index >= 15 is 0 Å². The Morgan fingerprint density at radius 3 is 2.40 bits per heavy atom. The SMILES string of the molecule is CCOCCOCCNCCCN(C)C. The molecule has 0 aromatic rings. The normalized spacial score (nSPS) is 11.2. The Kier molecular flexibility index (Phi) is 11.8. The summed E-state index contributed by atoms with van der Waals surface area (Å²) in [6.45, 7) is 8.07. The molecule has 4 heteroatoms. The van der Waals surface area contributed by atoms with Crippen molar-refractivity contribution in [3.8, 4) is 0 Å². The van der Waals surface area contributed by atoms with Crippen LogP contribution in [0.25, 0.3) is 0 Å². The summed E-state index contributed by atoms with van der Waals surface area (Å²) in [5.74, 6) is 0. The molecular weight excluding hydrogens is 192 g/mol. The van der Waals surface area contributed by atoms with Crippen molar-refractivity contribution in [2.75, 3.05) is 60.2 Å². The topological polar surface area (TPSA) is 33.7 Å². The van der Waals surface area contributed by atoms with E-state index in [1.807, 2.05) is 6.92 Å². The van der Waals surface area contributed by atoms with E-state index in [0.29, 0.717) is 13.2 Å². The third-order valence-corrected chi connectivity index (χ3v) is 1.96. The van der Waals surface area contributed by atoms with Gasteiger partial charge in [0.2, 0.25) is 0 Å². The minimum atomic E-state index is 0.702. The monoisotopic (exact) mass is 218 g/mol. The summed E-state index contributed by atoms with van der Waals surface area (Å²) in [5.41, 5.74) is 0. The first-order chi connectivity index (χ1) is 7.27. The van der Waals surface area contributed by atoms with Crippen LogP contribution >= 0.6 is 0 Å². The van der Waals surface area contributed by atoms with Crippen LogP contribution in [-0.2, 0) is 9.47 Å². The molecule has 0 atom stereocenters. The van der Waals surface area contributed by atoms with Crippen LogP contribution in [0, 0.1) is 0 Å². The second-order valence-electron chi connectivity index (χ2n) is 3.72. The summed E-state index contributed by atoms with van der Waals surface area (Å²) in [6.07, 6.45) is 1.19. The van der Waals surface area contributed by atoms with Gasteiger partial charge in [0.05, 0.1) is 19.8 Å². The second-order valence-corrected chi connectivity index (χ2v) is 3.72. The molecule has 0 saturated carbocycles. The number of rotatable bonds is 11. The Labute approximate surface area is 93.9 Å². The van der Waals surface area contributed by atoms with Crippen molar-refractivity contribution in [2.24, 2.45) is 0 Å². The van der Waals surface area contributed by atoms with Gasteiger partial charge >= 0.3 is 0 Å². The summed E-state index contributed by atoms with van der Waals surface area (Å²) in [7, 11) is 4.19. The lowest BCUT2D eigenvalue weighted by Gasteiger charge is -2.09. The van der Waals surface area contributed by atoms with E-state index in [4.69, 9.17) is 9.47 Å². The van der Waals surface area contributed by atoms with Gasteiger partial charge in [-0.1, -0.05) is 0 Å². The molecule has 1 N–H and O–H groups in total. The van der Waals surface area contributed by atoms with E-state index in [-0.39, 0.29) is 0 Å². The maximum Gasteiger partial charge on any atom is 0.0701 e. The molecule has 92 valence electrons. The van der Waals surface area contributed by atoms with Crippen LogP contribution in [0.2, 0.25) is 0 Å². The number of nitrogens with zero attached hydrogens (tertiary/aromatic N) is 1. The van der Waals surface area contributed by atoms with Gasteiger partial charge in [-0.05, 0) is 40.5 Å². The summed E-state index contributed by atoms with van der Waals surface area (Å²) in [4.78, 5) is 2.19. The van der Waals surface area contributed by atoms with Crippen molar-refractivity contribution in [1.82, 2.24) is 10.2 Å². The lowest BCUT2D eigenvalue weighted by atomic mass is 10.4. The number of ether oxygens (including phenoxy) is 2. The standard InChI is InChI=1S/C11H26N2O2/c1-4-14-10-11-15-9-7-12-6-5-8-13(2)3/h12H,4-11H2,1-3H3. The average molecular weight is 218 g/mol. The Morgan fingerprint density at radius 1 is 1.00 bits per heavy atom. The first-order valence-corrected chi connectivity index (χ1v) is 5.78. The number of hydrogen-bond donors (Lipinski definition) is 1. The smallest absolute Gasteiger partial charge is 0.0701 e. The molecule has 0 rings (SSSR count). The van der Waals surface area contributed by atoms with Gasteiger partial charge in [0.25, 0.3) is 0 Å². The van der Waals surface area contributed by atoms with Crippen molar-refractivity contribution in [3.63, 3.8) is 0 Å². The highest BCUT2D eigenvalue weighted by molar-refractivity contribution is 4.49. The summed E-state index contributed by atoms with van der Waals surface area (Å²) < 4.78 is 10.5. The Hall–Kier alpha value is -0.160. The lowest BCUT2D eigenvalue weighted by Crippen LogP contribution is -2.24. The van der Waals surface area contributed by atoms with E-state index in [1.165, 1.54) is 6.42 Å². The number of hydrogen-bond acceptors (Lipinski definition) is 4. The minimum absolute atomic E-state index is 0.702. The van der Waals surface area contributed by atoms with E-state index in [0.717, 1.165) is 32.8 Å². The highest BCUT2D eigenvalue weighted by Crippen LogP contribution is 1.81.